The summed E-state index contributed by atoms with van der Waals surface area (Å²) in [6.45, 7) is 1.93. The van der Waals surface area contributed by atoms with Gasteiger partial charge >= 0.3 is 6.18 Å². The van der Waals surface area contributed by atoms with E-state index in [0.29, 0.717) is 30.6 Å². The molecule has 1 atom stereocenters. The van der Waals surface area contributed by atoms with E-state index in [1.54, 1.807) is 6.07 Å². The smallest absolute Gasteiger partial charge is 0.384 e. The van der Waals surface area contributed by atoms with Crippen molar-refractivity contribution in [2.75, 3.05) is 18.8 Å². The third-order valence-corrected chi connectivity index (χ3v) is 3.68. The van der Waals surface area contributed by atoms with Crippen molar-refractivity contribution in [2.24, 2.45) is 5.92 Å². The number of carbonyl (C=O) groups excluding carboxylic acids is 1. The summed E-state index contributed by atoms with van der Waals surface area (Å²) in [4.78, 5) is 17.7. The van der Waals surface area contributed by atoms with Gasteiger partial charge in [0, 0.05) is 24.3 Å². The van der Waals surface area contributed by atoms with Crippen molar-refractivity contribution in [3.63, 3.8) is 0 Å². The van der Waals surface area contributed by atoms with Gasteiger partial charge in [-0.3, -0.25) is 4.79 Å². The van der Waals surface area contributed by atoms with Crippen LogP contribution in [-0.2, 0) is 6.42 Å². The van der Waals surface area contributed by atoms with Gasteiger partial charge in [0.05, 0.1) is 5.92 Å². The second-order valence-corrected chi connectivity index (χ2v) is 5.26. The van der Waals surface area contributed by atoms with Gasteiger partial charge in [-0.25, -0.2) is 4.98 Å². The number of alkyl halides is 3. The molecule has 1 fully saturated rings. The van der Waals surface area contributed by atoms with Crippen molar-refractivity contribution in [1.29, 1.82) is 0 Å². The summed E-state index contributed by atoms with van der Waals surface area (Å²) in [6.07, 6.45) is -3.22. The number of carbonyl (C=O) groups is 1. The molecule has 2 rings (SSSR count). The molecule has 2 N–H and O–H groups in total. The standard InChI is InChI=1S/C14H18F3N3O/c1-2-11-6-9(7-12(18)19-11)13(21)20-5-3-4-10(8-20)14(15,16)17/h6-7,10H,2-5,8H2,1H3,(H2,18,19). The Balaban J connectivity index is 2.18. The zero-order chi connectivity index (χ0) is 15.6. The van der Waals surface area contributed by atoms with Gasteiger partial charge in [0.2, 0.25) is 0 Å². The van der Waals surface area contributed by atoms with Gasteiger partial charge in [-0.2, -0.15) is 13.2 Å². The van der Waals surface area contributed by atoms with Crippen LogP contribution < -0.4 is 5.73 Å². The van der Waals surface area contributed by atoms with Crippen LogP contribution in [0.25, 0.3) is 0 Å². The molecule has 1 aromatic rings. The number of halogens is 3. The first-order valence-corrected chi connectivity index (χ1v) is 6.93. The molecule has 1 aliphatic heterocycles. The minimum atomic E-state index is -4.26. The lowest BCUT2D eigenvalue weighted by Gasteiger charge is -2.33. The summed E-state index contributed by atoms with van der Waals surface area (Å²) in [6, 6.07) is 3.01. The van der Waals surface area contributed by atoms with Crippen molar-refractivity contribution in [2.45, 2.75) is 32.4 Å². The lowest BCUT2D eigenvalue weighted by atomic mass is 9.97. The fourth-order valence-corrected chi connectivity index (χ4v) is 2.53. The maximum Gasteiger partial charge on any atom is 0.393 e. The lowest BCUT2D eigenvalue weighted by Crippen LogP contribution is -2.44. The van der Waals surface area contributed by atoms with E-state index in [0.717, 1.165) is 0 Å². The molecule has 0 saturated carbocycles. The summed E-state index contributed by atoms with van der Waals surface area (Å²) in [5.41, 5.74) is 6.60. The molecule has 1 unspecified atom stereocenters. The number of nitrogens with zero attached hydrogens (tertiary/aromatic N) is 2. The highest BCUT2D eigenvalue weighted by molar-refractivity contribution is 5.95. The zero-order valence-electron chi connectivity index (χ0n) is 11.8. The summed E-state index contributed by atoms with van der Waals surface area (Å²) in [5, 5.41) is 0. The first-order chi connectivity index (χ1) is 9.81. The Morgan fingerprint density at radius 2 is 2.19 bits per heavy atom. The van der Waals surface area contributed by atoms with Crippen LogP contribution in [0.2, 0.25) is 0 Å². The number of nitrogens with two attached hydrogens (primary N) is 1. The van der Waals surface area contributed by atoms with Crippen molar-refractivity contribution in [1.82, 2.24) is 9.88 Å². The van der Waals surface area contributed by atoms with Crippen LogP contribution in [0.3, 0.4) is 0 Å². The second kappa shape index (κ2) is 5.91. The second-order valence-electron chi connectivity index (χ2n) is 5.26. The Bertz CT molecular complexity index is 531. The number of aromatic nitrogens is 1. The van der Waals surface area contributed by atoms with Gasteiger partial charge in [0.25, 0.3) is 5.91 Å². The number of hydrogen-bond donors (Lipinski definition) is 1. The molecule has 0 spiro atoms. The molecule has 116 valence electrons. The average molecular weight is 301 g/mol. The van der Waals surface area contributed by atoms with Crippen molar-refractivity contribution >= 4 is 11.7 Å². The van der Waals surface area contributed by atoms with Gasteiger partial charge in [0.1, 0.15) is 5.82 Å². The third kappa shape index (κ3) is 3.65. The first-order valence-electron chi connectivity index (χ1n) is 6.93. The summed E-state index contributed by atoms with van der Waals surface area (Å²) in [5.74, 6) is -1.64. The average Bonchev–Trinajstić information content (AvgIpc) is 2.45. The summed E-state index contributed by atoms with van der Waals surface area (Å²) in [7, 11) is 0. The van der Waals surface area contributed by atoms with E-state index in [1.165, 1.54) is 11.0 Å². The fourth-order valence-electron chi connectivity index (χ4n) is 2.53. The molecule has 21 heavy (non-hydrogen) atoms. The van der Waals surface area contributed by atoms with E-state index in [4.69, 9.17) is 5.73 Å². The molecule has 0 bridgehead atoms. The highest BCUT2D eigenvalue weighted by Gasteiger charge is 2.42. The molecule has 0 radical (unpaired) electrons. The van der Waals surface area contributed by atoms with E-state index in [-0.39, 0.29) is 18.8 Å². The minimum Gasteiger partial charge on any atom is -0.384 e. The maximum absolute atomic E-state index is 12.8. The zero-order valence-corrected chi connectivity index (χ0v) is 11.8. The van der Waals surface area contributed by atoms with Gasteiger partial charge in [-0.05, 0) is 31.4 Å². The predicted octanol–water partition coefficient (Wildman–Crippen LogP) is 2.64. The van der Waals surface area contributed by atoms with Gasteiger partial charge < -0.3 is 10.6 Å². The molecule has 2 heterocycles. The van der Waals surface area contributed by atoms with E-state index in [1.807, 2.05) is 6.92 Å². The summed E-state index contributed by atoms with van der Waals surface area (Å²) >= 11 is 0. The number of rotatable bonds is 2. The number of amides is 1. The molecular formula is C14H18F3N3O. The Morgan fingerprint density at radius 3 is 2.81 bits per heavy atom. The summed E-state index contributed by atoms with van der Waals surface area (Å²) < 4.78 is 38.4. The first kappa shape index (κ1) is 15.6. The largest absolute Gasteiger partial charge is 0.393 e. The topological polar surface area (TPSA) is 59.2 Å². The molecule has 1 aliphatic rings. The molecule has 1 saturated heterocycles. The number of piperidine rings is 1. The van der Waals surface area contributed by atoms with Crippen molar-refractivity contribution in [3.8, 4) is 0 Å². The van der Waals surface area contributed by atoms with Crippen LogP contribution >= 0.6 is 0 Å². The molecule has 7 heteroatoms. The van der Waals surface area contributed by atoms with Crippen molar-refractivity contribution < 1.29 is 18.0 Å². The molecular weight excluding hydrogens is 283 g/mol. The number of aryl methyl sites for hydroxylation is 1. The Morgan fingerprint density at radius 1 is 1.48 bits per heavy atom. The lowest BCUT2D eigenvalue weighted by molar-refractivity contribution is -0.184. The van der Waals surface area contributed by atoms with E-state index < -0.39 is 18.0 Å². The molecule has 1 aromatic heterocycles. The number of nitrogen functional groups attached to an aromatic ring is 1. The number of hydrogen-bond acceptors (Lipinski definition) is 3. The van der Waals surface area contributed by atoms with Crippen LogP contribution in [0.4, 0.5) is 19.0 Å². The number of likely N-dealkylation sites (tertiary alicyclic amines) is 1. The highest BCUT2D eigenvalue weighted by Crippen LogP contribution is 2.33. The van der Waals surface area contributed by atoms with Crippen LogP contribution in [-0.4, -0.2) is 35.1 Å². The minimum absolute atomic E-state index is 0.0754. The third-order valence-electron chi connectivity index (χ3n) is 3.68. The van der Waals surface area contributed by atoms with Crippen LogP contribution in [0.15, 0.2) is 12.1 Å². The normalized spacial score (nSPS) is 19.6. The van der Waals surface area contributed by atoms with Gasteiger partial charge in [-0.1, -0.05) is 6.92 Å². The fraction of sp³-hybridized carbons (Fsp3) is 0.571. The van der Waals surface area contributed by atoms with Crippen molar-refractivity contribution in [3.05, 3.63) is 23.4 Å². The van der Waals surface area contributed by atoms with E-state index in [2.05, 4.69) is 4.98 Å². The van der Waals surface area contributed by atoms with Crippen LogP contribution in [0.5, 0.6) is 0 Å². The Hall–Kier alpha value is -1.79. The molecule has 0 aromatic carbocycles. The van der Waals surface area contributed by atoms with Gasteiger partial charge in [-0.15, -0.1) is 0 Å². The number of pyridine rings is 1. The molecule has 0 aliphatic carbocycles. The Kier molecular flexibility index (Phi) is 4.39. The molecule has 4 nitrogen and oxygen atoms in total. The number of anilines is 1. The van der Waals surface area contributed by atoms with Crippen LogP contribution in [0.1, 0.15) is 35.8 Å². The van der Waals surface area contributed by atoms with Crippen LogP contribution in [0, 0.1) is 5.92 Å². The highest BCUT2D eigenvalue weighted by atomic mass is 19.4. The SMILES string of the molecule is CCc1cc(C(=O)N2CCCC(C(F)(F)F)C2)cc(N)n1. The predicted molar refractivity (Wildman–Crippen MR) is 72.7 cm³/mol. The van der Waals surface area contributed by atoms with Gasteiger partial charge in [0.15, 0.2) is 0 Å². The maximum atomic E-state index is 12.8. The quantitative estimate of drug-likeness (QED) is 0.913. The Labute approximate surface area is 121 Å². The molecule has 1 amide bonds. The monoisotopic (exact) mass is 301 g/mol. The van der Waals surface area contributed by atoms with E-state index in [9.17, 15) is 18.0 Å². The van der Waals surface area contributed by atoms with E-state index >= 15 is 0 Å².